The zero-order valence-corrected chi connectivity index (χ0v) is 12.2. The fourth-order valence-corrected chi connectivity index (χ4v) is 2.17. The van der Waals surface area contributed by atoms with Gasteiger partial charge in [0.05, 0.1) is 17.8 Å². The molecule has 0 bridgehead atoms. The van der Waals surface area contributed by atoms with Crippen molar-refractivity contribution in [2.24, 2.45) is 4.99 Å². The normalized spacial score (nSPS) is 32.3. The molecule has 114 valence electrons. The highest BCUT2D eigenvalue weighted by Crippen LogP contribution is 2.26. The van der Waals surface area contributed by atoms with Crippen molar-refractivity contribution in [1.82, 2.24) is 0 Å². The zero-order valence-electron chi connectivity index (χ0n) is 11.4. The summed E-state index contributed by atoms with van der Waals surface area (Å²) in [6.45, 7) is 1.89. The molecule has 3 N–H and O–H groups in total. The first-order valence-corrected chi connectivity index (χ1v) is 6.93. The maximum atomic E-state index is 9.94. The van der Waals surface area contributed by atoms with Crippen molar-refractivity contribution >= 4 is 17.4 Å². The van der Waals surface area contributed by atoms with Gasteiger partial charge >= 0.3 is 0 Å². The SMILES string of the molecule is C[C@@H]1O[C@@H](Oc2ccccc2CN=C=S)[C@H](O)[C@H](O)[C@H]1O. The highest BCUT2D eigenvalue weighted by Gasteiger charge is 2.43. The van der Waals surface area contributed by atoms with Gasteiger partial charge in [-0.1, -0.05) is 18.2 Å². The quantitative estimate of drug-likeness (QED) is 0.554. The van der Waals surface area contributed by atoms with E-state index in [1.54, 1.807) is 25.1 Å². The van der Waals surface area contributed by atoms with Crippen LogP contribution in [-0.2, 0) is 11.3 Å². The van der Waals surface area contributed by atoms with Crippen molar-refractivity contribution in [2.75, 3.05) is 0 Å². The van der Waals surface area contributed by atoms with E-state index in [2.05, 4.69) is 22.4 Å². The monoisotopic (exact) mass is 311 g/mol. The van der Waals surface area contributed by atoms with Gasteiger partial charge in [-0.25, -0.2) is 4.99 Å². The van der Waals surface area contributed by atoms with Crippen molar-refractivity contribution in [2.45, 2.75) is 44.2 Å². The molecule has 1 fully saturated rings. The Hall–Kier alpha value is -1.34. The molecule has 0 amide bonds. The fraction of sp³-hybridized carbons (Fsp3) is 0.500. The molecule has 0 radical (unpaired) electrons. The van der Waals surface area contributed by atoms with Gasteiger partial charge in [-0.2, -0.15) is 0 Å². The zero-order chi connectivity index (χ0) is 15.4. The Bertz CT molecular complexity index is 534. The first-order valence-electron chi connectivity index (χ1n) is 6.52. The average Bonchev–Trinajstić information content (AvgIpc) is 2.49. The molecule has 7 heteroatoms. The molecular weight excluding hydrogens is 294 g/mol. The highest BCUT2D eigenvalue weighted by molar-refractivity contribution is 7.78. The number of hydrogen-bond acceptors (Lipinski definition) is 7. The molecule has 6 nitrogen and oxygen atoms in total. The number of rotatable bonds is 4. The number of ether oxygens (including phenoxy) is 2. The van der Waals surface area contributed by atoms with E-state index in [9.17, 15) is 15.3 Å². The van der Waals surface area contributed by atoms with Crippen LogP contribution >= 0.6 is 12.2 Å². The third-order valence-electron chi connectivity index (χ3n) is 3.34. The molecule has 0 aliphatic carbocycles. The van der Waals surface area contributed by atoms with Gasteiger partial charge in [-0.3, -0.25) is 0 Å². The smallest absolute Gasteiger partial charge is 0.229 e. The largest absolute Gasteiger partial charge is 0.462 e. The number of hydrogen-bond donors (Lipinski definition) is 3. The van der Waals surface area contributed by atoms with Gasteiger partial charge in [0.15, 0.2) is 0 Å². The van der Waals surface area contributed by atoms with E-state index in [0.717, 1.165) is 5.56 Å². The third kappa shape index (κ3) is 3.65. The summed E-state index contributed by atoms with van der Waals surface area (Å²) in [5.41, 5.74) is 0.749. The number of isothiocyanates is 1. The Balaban J connectivity index is 2.16. The Labute approximate surface area is 127 Å². The topological polar surface area (TPSA) is 91.5 Å². The minimum atomic E-state index is -1.35. The summed E-state index contributed by atoms with van der Waals surface area (Å²) >= 11 is 4.54. The molecule has 0 spiro atoms. The van der Waals surface area contributed by atoms with Crippen LogP contribution in [0.5, 0.6) is 5.75 Å². The predicted octanol–water partition coefficient (Wildman–Crippen LogP) is 0.496. The summed E-state index contributed by atoms with van der Waals surface area (Å²) in [7, 11) is 0. The number of para-hydroxylation sites is 1. The van der Waals surface area contributed by atoms with E-state index in [-0.39, 0.29) is 0 Å². The van der Waals surface area contributed by atoms with E-state index < -0.39 is 30.7 Å². The first-order chi connectivity index (χ1) is 10.0. The molecule has 1 heterocycles. The van der Waals surface area contributed by atoms with Crippen LogP contribution in [0.15, 0.2) is 29.3 Å². The van der Waals surface area contributed by atoms with Gasteiger partial charge in [0.2, 0.25) is 6.29 Å². The highest BCUT2D eigenvalue weighted by atomic mass is 32.1. The van der Waals surface area contributed by atoms with E-state index in [0.29, 0.717) is 12.3 Å². The number of aliphatic hydroxyl groups excluding tert-OH is 3. The van der Waals surface area contributed by atoms with Gasteiger partial charge in [-0.05, 0) is 25.2 Å². The summed E-state index contributed by atoms with van der Waals surface area (Å²) in [5.74, 6) is 0.464. The van der Waals surface area contributed by atoms with Gasteiger partial charge < -0.3 is 24.8 Å². The fourth-order valence-electron chi connectivity index (χ4n) is 2.10. The Morgan fingerprint density at radius 2 is 1.95 bits per heavy atom. The lowest BCUT2D eigenvalue weighted by molar-refractivity contribution is -0.268. The van der Waals surface area contributed by atoms with Gasteiger partial charge in [0, 0.05) is 5.56 Å². The maximum absolute atomic E-state index is 9.94. The van der Waals surface area contributed by atoms with Gasteiger partial charge in [0.25, 0.3) is 0 Å². The summed E-state index contributed by atoms with van der Waals surface area (Å²) in [4.78, 5) is 3.85. The third-order valence-corrected chi connectivity index (χ3v) is 3.47. The molecule has 1 aromatic carbocycles. The van der Waals surface area contributed by atoms with Gasteiger partial charge in [0.1, 0.15) is 24.1 Å². The van der Waals surface area contributed by atoms with Crippen LogP contribution in [0.1, 0.15) is 12.5 Å². The van der Waals surface area contributed by atoms with Crippen molar-refractivity contribution in [1.29, 1.82) is 0 Å². The van der Waals surface area contributed by atoms with E-state index >= 15 is 0 Å². The van der Waals surface area contributed by atoms with Crippen molar-refractivity contribution in [3.8, 4) is 5.75 Å². The Kier molecular flexibility index (Phi) is 5.41. The standard InChI is InChI=1S/C14H17NO5S/c1-8-11(16)12(17)13(18)14(19-8)20-10-5-3-2-4-9(10)6-15-7-21/h2-5,8,11-14,16-18H,6H2,1H3/t8-,11-,12+,13+,14-/m0/s1. The Morgan fingerprint density at radius 1 is 1.24 bits per heavy atom. The van der Waals surface area contributed by atoms with Crippen LogP contribution in [0.25, 0.3) is 0 Å². The minimum absolute atomic E-state index is 0.295. The lowest BCUT2D eigenvalue weighted by atomic mass is 10.00. The van der Waals surface area contributed by atoms with Crippen LogP contribution in [0, 0.1) is 0 Å². The number of benzene rings is 1. The molecule has 0 aromatic heterocycles. The number of nitrogens with zero attached hydrogens (tertiary/aromatic N) is 1. The average molecular weight is 311 g/mol. The molecule has 1 saturated heterocycles. The minimum Gasteiger partial charge on any atom is -0.462 e. The van der Waals surface area contributed by atoms with Crippen LogP contribution in [0.2, 0.25) is 0 Å². The summed E-state index contributed by atoms with van der Waals surface area (Å²) < 4.78 is 11.0. The molecule has 0 unspecified atom stereocenters. The van der Waals surface area contributed by atoms with Crippen LogP contribution in [0.3, 0.4) is 0 Å². The second kappa shape index (κ2) is 7.09. The molecular formula is C14H17NO5S. The lowest BCUT2D eigenvalue weighted by Gasteiger charge is -2.39. The second-order valence-electron chi connectivity index (χ2n) is 4.81. The molecule has 1 aliphatic heterocycles. The van der Waals surface area contributed by atoms with Crippen molar-refractivity contribution < 1.29 is 24.8 Å². The maximum Gasteiger partial charge on any atom is 0.229 e. The number of thiocarbonyl (C=S) groups is 1. The second-order valence-corrected chi connectivity index (χ2v) is 5.00. The van der Waals surface area contributed by atoms with Crippen molar-refractivity contribution in [3.63, 3.8) is 0 Å². The summed E-state index contributed by atoms with van der Waals surface area (Å²) in [5, 5.41) is 31.6. The number of aliphatic imine (C=N–C) groups is 1. The summed E-state index contributed by atoms with van der Waals surface area (Å²) in [6.07, 6.45) is -5.56. The molecule has 5 atom stereocenters. The van der Waals surface area contributed by atoms with Crippen LogP contribution in [0.4, 0.5) is 0 Å². The molecule has 1 aliphatic rings. The number of aliphatic hydroxyl groups is 3. The van der Waals surface area contributed by atoms with E-state index in [1.165, 1.54) is 0 Å². The van der Waals surface area contributed by atoms with Crippen molar-refractivity contribution in [3.05, 3.63) is 29.8 Å². The summed E-state index contributed by atoms with van der Waals surface area (Å²) in [6, 6.07) is 7.09. The van der Waals surface area contributed by atoms with Crippen LogP contribution in [-0.4, -0.2) is 51.2 Å². The molecule has 0 saturated carbocycles. The first kappa shape index (κ1) is 16.0. The van der Waals surface area contributed by atoms with E-state index in [1.807, 2.05) is 6.07 Å². The Morgan fingerprint density at radius 3 is 2.67 bits per heavy atom. The van der Waals surface area contributed by atoms with Gasteiger partial charge in [-0.15, -0.1) is 0 Å². The van der Waals surface area contributed by atoms with E-state index in [4.69, 9.17) is 9.47 Å². The lowest BCUT2D eigenvalue weighted by Crippen LogP contribution is -2.58. The predicted molar refractivity (Wildman–Crippen MR) is 78.2 cm³/mol. The molecule has 1 aromatic rings. The van der Waals surface area contributed by atoms with Crippen LogP contribution < -0.4 is 4.74 Å². The molecule has 21 heavy (non-hydrogen) atoms. The molecule has 2 rings (SSSR count).